The van der Waals surface area contributed by atoms with Crippen molar-refractivity contribution in [2.24, 2.45) is 0 Å². The van der Waals surface area contributed by atoms with Crippen LogP contribution in [-0.4, -0.2) is 30.8 Å². The Hall–Kier alpha value is -1.91. The number of hydrogen-bond acceptors (Lipinski definition) is 4. The van der Waals surface area contributed by atoms with Gasteiger partial charge in [-0.25, -0.2) is 0 Å². The van der Waals surface area contributed by atoms with E-state index in [1.165, 1.54) is 0 Å². The number of carboxylic acid groups (broad SMARTS) is 1. The number of aliphatic carboxylic acids is 1. The summed E-state index contributed by atoms with van der Waals surface area (Å²) in [6, 6.07) is 5.22. The van der Waals surface area contributed by atoms with Gasteiger partial charge < -0.3 is 20.5 Å². The number of likely N-dealkylation sites (N-methyl/N-ethyl adjacent to an activating group) is 1. The normalized spacial score (nSPS) is 18.8. The molecule has 5 nitrogen and oxygen atoms in total. The first-order valence-corrected chi connectivity index (χ1v) is 5.05. The van der Waals surface area contributed by atoms with E-state index in [9.17, 15) is 4.79 Å². The molecule has 0 saturated carbocycles. The number of rotatable bonds is 2. The highest BCUT2D eigenvalue weighted by atomic mass is 16.5. The topological polar surface area (TPSA) is 75.8 Å². The lowest BCUT2D eigenvalue weighted by Crippen LogP contribution is -2.41. The van der Waals surface area contributed by atoms with Crippen LogP contribution in [0.3, 0.4) is 0 Å². The molecule has 1 heterocycles. The summed E-state index contributed by atoms with van der Waals surface area (Å²) in [5, 5.41) is 8.78. The van der Waals surface area contributed by atoms with E-state index in [0.717, 1.165) is 11.4 Å². The summed E-state index contributed by atoms with van der Waals surface area (Å²) in [5.74, 6) is -0.0776. The smallest absolute Gasteiger partial charge is 0.305 e. The number of carboxylic acids is 1. The minimum Gasteiger partial charge on any atom is -0.489 e. The van der Waals surface area contributed by atoms with Gasteiger partial charge in [0.25, 0.3) is 0 Å². The minimum atomic E-state index is -0.826. The third kappa shape index (κ3) is 1.88. The fraction of sp³-hybridized carbons (Fsp3) is 0.364. The van der Waals surface area contributed by atoms with Crippen molar-refractivity contribution < 1.29 is 14.6 Å². The molecule has 0 aliphatic carbocycles. The van der Waals surface area contributed by atoms with Crippen molar-refractivity contribution >= 4 is 17.3 Å². The highest BCUT2D eigenvalue weighted by Gasteiger charge is 2.26. The minimum absolute atomic E-state index is 0.0603. The van der Waals surface area contributed by atoms with Crippen LogP contribution in [0.1, 0.15) is 6.42 Å². The van der Waals surface area contributed by atoms with Gasteiger partial charge in [-0.3, -0.25) is 4.79 Å². The predicted molar refractivity (Wildman–Crippen MR) is 60.8 cm³/mol. The Balaban J connectivity index is 2.26. The van der Waals surface area contributed by atoms with Crippen molar-refractivity contribution in [1.29, 1.82) is 0 Å². The largest absolute Gasteiger partial charge is 0.489 e. The van der Waals surface area contributed by atoms with Gasteiger partial charge in [-0.15, -0.1) is 0 Å². The molecule has 0 aromatic heterocycles. The predicted octanol–water partition coefficient (Wildman–Crippen LogP) is 0.941. The van der Waals surface area contributed by atoms with E-state index >= 15 is 0 Å². The molecular weight excluding hydrogens is 208 g/mol. The van der Waals surface area contributed by atoms with Crippen LogP contribution in [0.25, 0.3) is 0 Å². The number of hydrogen-bond donors (Lipinski definition) is 2. The second-order valence-corrected chi connectivity index (χ2v) is 3.90. The van der Waals surface area contributed by atoms with Crippen molar-refractivity contribution in [3.05, 3.63) is 18.2 Å². The van der Waals surface area contributed by atoms with E-state index < -0.39 is 5.97 Å². The number of carbonyl (C=O) groups is 1. The maximum absolute atomic E-state index is 10.7. The first-order valence-electron chi connectivity index (χ1n) is 5.05. The number of ether oxygens (including phenoxy) is 1. The highest BCUT2D eigenvalue weighted by Crippen LogP contribution is 2.34. The highest BCUT2D eigenvalue weighted by molar-refractivity contribution is 5.71. The van der Waals surface area contributed by atoms with E-state index in [2.05, 4.69) is 0 Å². The Morgan fingerprint density at radius 3 is 3.12 bits per heavy atom. The van der Waals surface area contributed by atoms with Gasteiger partial charge in [0, 0.05) is 12.7 Å². The van der Waals surface area contributed by atoms with Crippen LogP contribution in [0, 0.1) is 0 Å². The SMILES string of the molecule is CN1c2cc(N)ccc2OCC1CC(=O)O. The first-order chi connectivity index (χ1) is 7.58. The molecule has 0 saturated heterocycles. The Morgan fingerprint density at radius 1 is 1.69 bits per heavy atom. The van der Waals surface area contributed by atoms with E-state index in [1.54, 1.807) is 18.2 Å². The molecular formula is C11H14N2O3. The number of fused-ring (bicyclic) bond motifs is 1. The van der Waals surface area contributed by atoms with Gasteiger partial charge in [0.1, 0.15) is 12.4 Å². The van der Waals surface area contributed by atoms with Crippen molar-refractivity contribution in [2.75, 3.05) is 24.3 Å². The van der Waals surface area contributed by atoms with Gasteiger partial charge in [-0.1, -0.05) is 0 Å². The molecule has 1 aromatic carbocycles. The summed E-state index contributed by atoms with van der Waals surface area (Å²) >= 11 is 0. The molecule has 0 fully saturated rings. The van der Waals surface area contributed by atoms with E-state index in [4.69, 9.17) is 15.6 Å². The maximum atomic E-state index is 10.7. The molecule has 0 amide bonds. The molecule has 16 heavy (non-hydrogen) atoms. The summed E-state index contributed by atoms with van der Waals surface area (Å²) < 4.78 is 5.50. The number of nitrogens with two attached hydrogens (primary N) is 1. The molecule has 1 aliphatic heterocycles. The molecule has 1 aromatic rings. The Labute approximate surface area is 93.4 Å². The van der Waals surface area contributed by atoms with Crippen LogP contribution < -0.4 is 15.4 Å². The average Bonchev–Trinajstić information content (AvgIpc) is 2.22. The monoisotopic (exact) mass is 222 g/mol. The molecule has 1 unspecified atom stereocenters. The van der Waals surface area contributed by atoms with Gasteiger partial charge in [0.15, 0.2) is 0 Å². The zero-order valence-corrected chi connectivity index (χ0v) is 9.01. The van der Waals surface area contributed by atoms with Crippen LogP contribution >= 0.6 is 0 Å². The molecule has 0 spiro atoms. The van der Waals surface area contributed by atoms with Gasteiger partial charge >= 0.3 is 5.97 Å². The average molecular weight is 222 g/mol. The molecule has 5 heteroatoms. The first kappa shape index (κ1) is 10.6. The molecule has 1 atom stereocenters. The number of nitrogens with zero attached hydrogens (tertiary/aromatic N) is 1. The standard InChI is InChI=1S/C11H14N2O3/c1-13-8(5-11(14)15)6-16-10-3-2-7(12)4-9(10)13/h2-4,8H,5-6,12H2,1H3,(H,14,15). The number of benzene rings is 1. The van der Waals surface area contributed by atoms with E-state index in [0.29, 0.717) is 12.3 Å². The number of anilines is 2. The molecule has 0 radical (unpaired) electrons. The Bertz CT molecular complexity index is 420. The summed E-state index contributed by atoms with van der Waals surface area (Å²) in [6.07, 6.45) is 0.0603. The van der Waals surface area contributed by atoms with Crippen molar-refractivity contribution in [3.63, 3.8) is 0 Å². The summed E-state index contributed by atoms with van der Waals surface area (Å²) in [7, 11) is 1.86. The van der Waals surface area contributed by atoms with Gasteiger partial charge in [0.05, 0.1) is 18.2 Å². The maximum Gasteiger partial charge on any atom is 0.305 e. The van der Waals surface area contributed by atoms with Crippen molar-refractivity contribution in [3.8, 4) is 5.75 Å². The quantitative estimate of drug-likeness (QED) is 0.728. The third-order valence-corrected chi connectivity index (χ3v) is 2.75. The van der Waals surface area contributed by atoms with Gasteiger partial charge in [0.2, 0.25) is 0 Å². The summed E-state index contributed by atoms with van der Waals surface area (Å²) in [4.78, 5) is 12.6. The van der Waals surface area contributed by atoms with Crippen molar-refractivity contribution in [1.82, 2.24) is 0 Å². The fourth-order valence-electron chi connectivity index (χ4n) is 1.82. The lowest BCUT2D eigenvalue weighted by molar-refractivity contribution is -0.137. The van der Waals surface area contributed by atoms with Crippen LogP contribution in [-0.2, 0) is 4.79 Å². The Kier molecular flexibility index (Phi) is 2.60. The van der Waals surface area contributed by atoms with E-state index in [-0.39, 0.29) is 12.5 Å². The molecule has 86 valence electrons. The molecule has 3 N–H and O–H groups in total. The van der Waals surface area contributed by atoms with Crippen LogP contribution in [0.2, 0.25) is 0 Å². The Morgan fingerprint density at radius 2 is 2.44 bits per heavy atom. The second kappa shape index (κ2) is 3.92. The lowest BCUT2D eigenvalue weighted by Gasteiger charge is -2.35. The summed E-state index contributed by atoms with van der Waals surface area (Å²) in [6.45, 7) is 0.389. The van der Waals surface area contributed by atoms with E-state index in [1.807, 2.05) is 11.9 Å². The van der Waals surface area contributed by atoms with Crippen molar-refractivity contribution in [2.45, 2.75) is 12.5 Å². The van der Waals surface area contributed by atoms with Gasteiger partial charge in [-0.05, 0) is 18.2 Å². The fourth-order valence-corrected chi connectivity index (χ4v) is 1.82. The van der Waals surface area contributed by atoms with Crippen LogP contribution in [0.5, 0.6) is 5.75 Å². The summed E-state index contributed by atoms with van der Waals surface area (Å²) in [5.41, 5.74) is 7.18. The molecule has 0 bridgehead atoms. The zero-order valence-electron chi connectivity index (χ0n) is 9.01. The van der Waals surface area contributed by atoms with Gasteiger partial charge in [-0.2, -0.15) is 0 Å². The third-order valence-electron chi connectivity index (χ3n) is 2.75. The molecule has 2 rings (SSSR count). The number of nitrogen functional groups attached to an aromatic ring is 1. The zero-order chi connectivity index (χ0) is 11.7. The van der Waals surface area contributed by atoms with Crippen LogP contribution in [0.4, 0.5) is 11.4 Å². The van der Waals surface area contributed by atoms with Crippen LogP contribution in [0.15, 0.2) is 18.2 Å². The molecule has 1 aliphatic rings. The lowest BCUT2D eigenvalue weighted by atomic mass is 10.1. The second-order valence-electron chi connectivity index (χ2n) is 3.90.